The number of carbonyl (C=O) groups is 1. The molecule has 3 aliphatic heterocycles. The van der Waals surface area contributed by atoms with E-state index in [1.807, 2.05) is 87.5 Å². The van der Waals surface area contributed by atoms with E-state index in [-0.39, 0.29) is 38.1 Å². The third kappa shape index (κ3) is 29.2. The van der Waals surface area contributed by atoms with Gasteiger partial charge in [0, 0.05) is 95.0 Å². The number of aromatic hydroxyl groups is 2. The molecule has 0 saturated heterocycles. The Bertz CT molecular complexity index is 5090. The van der Waals surface area contributed by atoms with Crippen molar-refractivity contribution in [1.29, 1.82) is 0 Å². The summed E-state index contributed by atoms with van der Waals surface area (Å²) < 4.78 is 43.9. The standard InChI is InChI=1S/C22H28ClN.C21H24ClNO4.C20H24BrNO2.C19H24ClNO4S.C17H19NO.CH4/c1-3-4-8-12-24-13-11-19-15-22(23)17(2)14-20(19)21(16-24)18-9-6-5-7-10-18;1-2-26-21(25)27-19-9-7-14-6-8-18(11-16(14)12-19)23-13-20(24)15-4-3-5-17(22)10-15;1-12-7-14-5-6-22(3)18(16(14)10-19(12)23)9-15-8-13(2)20(24-4)11-17(15)21;1-14(21-12-19(22)16-4-3-5-17(20)11-16)10-15-6-8-18(9-7-15)25-13-26(2,23)24;1-12-9-15-14(10-17(12)19)7-8-18-11-16(15)13-5-3-2-4-6-13;/h5-7,9-10,14-15,21H,3-4,8,11-13,16H2,1-2H3;3-5,7,9-10,12,18,20,23-24H,2,6,8,11,13H2,1H3;7-8,10-11,18,23H,5-6,9H2,1-4H3;3-9,11,14,19,21-22H,10,12-13H2,1-2H3;2-6,9-10,16,18-19H,7-8,11H2,1H3;1H4/t;;;14-,19+;;/m...1../s1. The quantitative estimate of drug-likeness (QED) is 0.0170. The molecule has 14 rings (SSSR count). The number of phenolic OH excluding ortho intramolecular Hbond substituents is 2. The highest BCUT2D eigenvalue weighted by atomic mass is 79.9. The predicted molar refractivity (Wildman–Crippen MR) is 498 cm³/mol. The second-order valence-corrected chi connectivity index (χ2v) is 36.2. The van der Waals surface area contributed by atoms with Crippen LogP contribution in [0.2, 0.25) is 15.1 Å². The lowest BCUT2D eigenvalue weighted by Crippen LogP contribution is -2.37. The Morgan fingerprint density at radius 2 is 1.25 bits per heavy atom. The van der Waals surface area contributed by atoms with E-state index in [0.717, 1.165) is 145 Å². The number of rotatable bonds is 24. The van der Waals surface area contributed by atoms with Crippen LogP contribution in [0.5, 0.6) is 28.7 Å². The van der Waals surface area contributed by atoms with E-state index in [9.17, 15) is 33.6 Å². The van der Waals surface area contributed by atoms with Gasteiger partial charge in [-0.15, -0.1) is 0 Å². The van der Waals surface area contributed by atoms with Crippen molar-refractivity contribution in [3.63, 3.8) is 0 Å². The Hall–Kier alpha value is -8.31. The topological polar surface area (TPSA) is 212 Å². The minimum atomic E-state index is -3.16. The van der Waals surface area contributed by atoms with Crippen LogP contribution in [0.3, 0.4) is 0 Å². The Kier molecular flexibility index (Phi) is 37.9. The van der Waals surface area contributed by atoms with Crippen LogP contribution in [0.1, 0.15) is 184 Å². The Balaban J connectivity index is 0.000000172. The Labute approximate surface area is 742 Å². The van der Waals surface area contributed by atoms with Crippen LogP contribution < -0.4 is 30.2 Å². The van der Waals surface area contributed by atoms with Gasteiger partial charge in [-0.2, -0.15) is 0 Å². The maximum absolute atomic E-state index is 11.5. The maximum Gasteiger partial charge on any atom is 0.513 e. The van der Waals surface area contributed by atoms with Gasteiger partial charge in [-0.3, -0.25) is 4.90 Å². The van der Waals surface area contributed by atoms with Crippen molar-refractivity contribution < 1.29 is 52.6 Å². The predicted octanol–water partition coefficient (Wildman–Crippen LogP) is 21.0. The van der Waals surface area contributed by atoms with E-state index in [2.05, 4.69) is 160 Å². The molecule has 16 nitrogen and oxygen atoms in total. The number of nitrogens with one attached hydrogen (secondary N) is 3. The molecular formula is C100H123BrCl3N5O11S. The van der Waals surface area contributed by atoms with Crippen molar-refractivity contribution in [3.8, 4) is 28.7 Å². The van der Waals surface area contributed by atoms with Crippen molar-refractivity contribution in [2.45, 2.75) is 169 Å². The number of hydrogen-bond donors (Lipinski definition) is 7. The second kappa shape index (κ2) is 47.5. The van der Waals surface area contributed by atoms with Crippen molar-refractivity contribution in [3.05, 3.63) is 320 Å². The summed E-state index contributed by atoms with van der Waals surface area (Å²) in [4.78, 5) is 16.5. The van der Waals surface area contributed by atoms with Crippen LogP contribution in [0, 0.1) is 27.7 Å². The normalized spacial score (nSPS) is 16.9. The first-order chi connectivity index (χ1) is 57.6. The summed E-state index contributed by atoms with van der Waals surface area (Å²) in [6.07, 6.45) is 10.7. The lowest BCUT2D eigenvalue weighted by Gasteiger charge is -2.35. The van der Waals surface area contributed by atoms with E-state index in [0.29, 0.717) is 58.0 Å². The summed E-state index contributed by atoms with van der Waals surface area (Å²) in [6, 6.07) is 66.7. The molecule has 0 amide bonds. The summed E-state index contributed by atoms with van der Waals surface area (Å²) in [7, 11) is 0.704. The third-order valence-corrected chi connectivity index (χ3v) is 24.9. The van der Waals surface area contributed by atoms with Crippen LogP contribution in [-0.4, -0.2) is 142 Å². The van der Waals surface area contributed by atoms with E-state index < -0.39 is 28.2 Å². The summed E-state index contributed by atoms with van der Waals surface area (Å²) in [6.45, 7) is 21.8. The highest BCUT2D eigenvalue weighted by molar-refractivity contribution is 9.10. The van der Waals surface area contributed by atoms with Crippen molar-refractivity contribution in [2.75, 3.05) is 85.3 Å². The number of aliphatic hydroxyl groups is 2. The molecule has 7 atom stereocenters. The molecule has 4 aliphatic rings. The van der Waals surface area contributed by atoms with Crippen molar-refractivity contribution >= 4 is 66.7 Å². The fraction of sp³-hybridized carbons (Fsp3) is 0.390. The SMILES string of the molecule is C.CCCCCN1CCc2cc(Cl)c(C)cc2C(c2ccccc2)C1.CCOC(=O)Oc1ccc2c(c1)CC(NCC(O)c1cccc(Cl)c1)CC2.COc1cc(Br)c(CC2c3cc(O)c(C)cc3CCN2C)cc1C.C[C@H](Cc1ccc(OCS(C)(=O)=O)cc1)NC[C@H](O)c1cccc(Cl)c1.Cc1cc2c(cc1O)CCNCC2c1ccccc1. The third-order valence-electron chi connectivity index (χ3n) is 22.7. The lowest BCUT2D eigenvalue weighted by molar-refractivity contribution is 0.104. The number of sulfone groups is 1. The van der Waals surface area contributed by atoms with Gasteiger partial charge in [0.2, 0.25) is 0 Å². The highest BCUT2D eigenvalue weighted by Crippen LogP contribution is 2.40. The van der Waals surface area contributed by atoms with E-state index in [1.165, 1.54) is 87.0 Å². The molecule has 5 unspecified atom stereocenters. The Morgan fingerprint density at radius 1 is 0.636 bits per heavy atom. The zero-order valence-electron chi connectivity index (χ0n) is 70.9. The van der Waals surface area contributed by atoms with Gasteiger partial charge in [0.15, 0.2) is 15.8 Å². The highest BCUT2D eigenvalue weighted by Gasteiger charge is 2.30. The van der Waals surface area contributed by atoms with Gasteiger partial charge in [0.05, 0.1) is 25.9 Å². The number of benzene rings is 10. The number of ether oxygens (including phenoxy) is 4. The number of carbonyl (C=O) groups excluding carboxylic acids is 1. The van der Waals surface area contributed by atoms with Gasteiger partial charge in [0.25, 0.3) is 0 Å². The molecule has 0 spiro atoms. The molecule has 0 bridgehead atoms. The molecule has 0 aromatic heterocycles. The lowest BCUT2D eigenvalue weighted by atomic mass is 9.87. The number of halogens is 4. The van der Waals surface area contributed by atoms with Crippen molar-refractivity contribution in [1.82, 2.24) is 25.8 Å². The number of fused-ring (bicyclic) bond motifs is 4. The van der Waals surface area contributed by atoms with Gasteiger partial charge in [-0.05, 0) is 292 Å². The number of aryl methyl sites for hydroxylation is 5. The number of methoxy groups -OCH3 is 1. The van der Waals surface area contributed by atoms with Gasteiger partial charge < -0.3 is 60.2 Å². The monoisotopic (exact) mass is 1790 g/mol. The first-order valence-corrected chi connectivity index (χ1v) is 45.8. The number of hydrogen-bond acceptors (Lipinski definition) is 16. The minimum absolute atomic E-state index is 0. The van der Waals surface area contributed by atoms with Crippen LogP contribution in [0.25, 0.3) is 0 Å². The second-order valence-electron chi connectivity index (χ2n) is 32.0. The molecule has 1 aliphatic carbocycles. The number of unbranched alkanes of at least 4 members (excludes halogenated alkanes) is 2. The summed E-state index contributed by atoms with van der Waals surface area (Å²) >= 11 is 22.0. The number of aliphatic hydroxyl groups excluding tert-OH is 2. The maximum atomic E-state index is 11.5. The number of phenols is 2. The zero-order chi connectivity index (χ0) is 86.0. The van der Waals surface area contributed by atoms with Gasteiger partial charge in [-0.25, -0.2) is 13.2 Å². The average molecular weight is 1790 g/mol. The van der Waals surface area contributed by atoms with Gasteiger partial charge in [0.1, 0.15) is 28.7 Å². The molecule has 0 radical (unpaired) electrons. The van der Waals surface area contributed by atoms with Gasteiger partial charge >= 0.3 is 6.16 Å². The number of likely N-dealkylation sites (N-methyl/N-ethyl adjacent to an activating group) is 1. The summed E-state index contributed by atoms with van der Waals surface area (Å²) in [5.41, 5.74) is 21.5. The first kappa shape index (κ1) is 96.5. The van der Waals surface area contributed by atoms with Crippen molar-refractivity contribution in [2.24, 2.45) is 0 Å². The average Bonchev–Trinajstić information content (AvgIpc) is 1.28. The molecule has 0 saturated carbocycles. The van der Waals surface area contributed by atoms with Crippen LogP contribution in [0.4, 0.5) is 4.79 Å². The molecule has 10 aromatic carbocycles. The van der Waals surface area contributed by atoms with Crippen LogP contribution >= 0.6 is 50.7 Å². The van der Waals surface area contributed by atoms with E-state index >= 15 is 0 Å². The van der Waals surface area contributed by atoms with Gasteiger partial charge in [-0.1, -0.05) is 205 Å². The fourth-order valence-corrected chi connectivity index (χ4v) is 17.4. The molecule has 21 heteroatoms. The van der Waals surface area contributed by atoms with E-state index in [4.69, 9.17) is 53.8 Å². The number of nitrogens with zero attached hydrogens (tertiary/aromatic N) is 2. The molecule has 648 valence electrons. The molecule has 7 N–H and O–H groups in total. The molecule has 3 heterocycles. The first-order valence-electron chi connectivity index (χ1n) is 41.8. The largest absolute Gasteiger partial charge is 0.513 e. The van der Waals surface area contributed by atoms with E-state index in [1.54, 1.807) is 56.5 Å². The molecule has 0 fully saturated rings. The molecular weight excluding hydrogens is 1670 g/mol. The van der Waals surface area contributed by atoms with Crippen LogP contribution in [0.15, 0.2) is 205 Å². The zero-order valence-corrected chi connectivity index (χ0v) is 75.6. The smallest absolute Gasteiger partial charge is 0.508 e. The summed E-state index contributed by atoms with van der Waals surface area (Å²) in [5.74, 6) is 3.20. The minimum Gasteiger partial charge on any atom is -0.508 e. The Morgan fingerprint density at radius 3 is 1.90 bits per heavy atom. The van der Waals surface area contributed by atoms with Crippen LogP contribution in [-0.2, 0) is 59.5 Å². The fourth-order valence-electron chi connectivity index (χ4n) is 16.0. The molecule has 121 heavy (non-hydrogen) atoms. The molecule has 10 aromatic rings. The summed E-state index contributed by atoms with van der Waals surface area (Å²) in [5, 5.41) is 53.0.